The Labute approximate surface area is 362 Å². The number of hydrogen-bond donors (Lipinski definition) is 0. The van der Waals surface area contributed by atoms with Gasteiger partial charge in [0.2, 0.25) is 0 Å². The zero-order valence-corrected chi connectivity index (χ0v) is 34.8. The Morgan fingerprint density at radius 2 is 0.419 bits per heavy atom. The van der Waals surface area contributed by atoms with Crippen molar-refractivity contribution in [2.75, 3.05) is 0 Å². The van der Waals surface area contributed by atoms with Gasteiger partial charge in [-0.2, -0.15) is 0 Å². The van der Waals surface area contributed by atoms with Crippen molar-refractivity contribution in [2.24, 2.45) is 0 Å². The van der Waals surface area contributed by atoms with Crippen molar-refractivity contribution in [1.82, 2.24) is 0 Å². The Kier molecular flexibility index (Phi) is 8.40. The van der Waals surface area contributed by atoms with Crippen molar-refractivity contribution in [3.8, 4) is 55.6 Å². The van der Waals surface area contributed by atoms with Crippen LogP contribution in [-0.2, 0) is 0 Å². The molecule has 0 radical (unpaired) electrons. The van der Waals surface area contributed by atoms with Gasteiger partial charge in [0.15, 0.2) is 0 Å². The van der Waals surface area contributed by atoms with E-state index >= 15 is 0 Å². The number of rotatable bonds is 5. The average molecular weight is 787 g/mol. The van der Waals surface area contributed by atoms with Crippen LogP contribution in [0.4, 0.5) is 0 Å². The molecule has 0 unspecified atom stereocenters. The predicted octanol–water partition coefficient (Wildman–Crippen LogP) is 17.6. The second kappa shape index (κ2) is 14.4. The van der Waals surface area contributed by atoms with Crippen LogP contribution in [0.2, 0.25) is 0 Å². The molecule has 0 saturated carbocycles. The second-order valence-electron chi connectivity index (χ2n) is 17.0. The molecule has 0 nitrogen and oxygen atoms in total. The molecule has 12 aromatic carbocycles. The monoisotopic (exact) mass is 786 g/mol. The summed E-state index contributed by atoms with van der Waals surface area (Å²) in [4.78, 5) is 0. The lowest BCUT2D eigenvalue weighted by atomic mass is 9.89. The first-order valence-corrected chi connectivity index (χ1v) is 21.6. The Morgan fingerprint density at radius 3 is 0.855 bits per heavy atom. The summed E-state index contributed by atoms with van der Waals surface area (Å²) in [7, 11) is 0. The molecule has 0 aliphatic rings. The minimum absolute atomic E-state index is 1.20. The van der Waals surface area contributed by atoms with Gasteiger partial charge in [0.25, 0.3) is 0 Å². The van der Waals surface area contributed by atoms with Gasteiger partial charge in [0.05, 0.1) is 0 Å². The maximum absolute atomic E-state index is 2.41. The molecule has 0 heteroatoms. The van der Waals surface area contributed by atoms with Crippen LogP contribution in [0.3, 0.4) is 0 Å². The Hall–Kier alpha value is -7.80. The molecule has 0 aromatic heterocycles. The zero-order valence-electron chi connectivity index (χ0n) is 34.8. The lowest BCUT2D eigenvalue weighted by Gasteiger charge is -2.15. The maximum Gasteiger partial charge on any atom is -0.00928 e. The smallest absolute Gasteiger partial charge is 0.00928 e. The summed E-state index contributed by atoms with van der Waals surface area (Å²) >= 11 is 0. The van der Waals surface area contributed by atoms with E-state index in [0.29, 0.717) is 0 Å². The molecule has 0 saturated heterocycles. The average Bonchev–Trinajstić information content (AvgIpc) is 3.33. The predicted molar refractivity (Wildman–Crippen MR) is 268 cm³/mol. The first-order chi connectivity index (χ1) is 30.5. The first-order valence-electron chi connectivity index (χ1n) is 21.6. The van der Waals surface area contributed by atoms with Gasteiger partial charge in [-0.1, -0.05) is 193 Å². The van der Waals surface area contributed by atoms with Crippen molar-refractivity contribution in [2.45, 2.75) is 13.8 Å². The van der Waals surface area contributed by atoms with Crippen LogP contribution < -0.4 is 0 Å². The van der Waals surface area contributed by atoms with E-state index in [1.54, 1.807) is 0 Å². The standard InChI is InChI=1S/C62H42/c1-39-30-40(2)32-47(31-39)50-35-48(34-49(36-50)46-27-29-60-56-19-6-4-15-52(56)54-17-8-10-21-58(54)62(60)38-46)42-24-22-41(23-25-42)43-12-11-13-44(33-43)45-26-28-59-55-18-5-3-14-51(55)53-16-7-9-20-57(53)61(59)37-45/h3-38H,1-2H3. The summed E-state index contributed by atoms with van der Waals surface area (Å²) in [5.74, 6) is 0. The largest absolute Gasteiger partial charge is 0.0616 e. The van der Waals surface area contributed by atoms with Crippen molar-refractivity contribution in [3.05, 3.63) is 230 Å². The molecule has 0 atom stereocenters. The fraction of sp³-hybridized carbons (Fsp3) is 0.0323. The third-order valence-electron chi connectivity index (χ3n) is 13.1. The van der Waals surface area contributed by atoms with Crippen LogP contribution in [0.5, 0.6) is 0 Å². The topological polar surface area (TPSA) is 0 Å². The van der Waals surface area contributed by atoms with Gasteiger partial charge >= 0.3 is 0 Å². The van der Waals surface area contributed by atoms with E-state index in [4.69, 9.17) is 0 Å². The molecule has 0 spiro atoms. The van der Waals surface area contributed by atoms with Crippen LogP contribution in [-0.4, -0.2) is 0 Å². The van der Waals surface area contributed by atoms with Gasteiger partial charge in [0.1, 0.15) is 0 Å². The highest BCUT2D eigenvalue weighted by molar-refractivity contribution is 6.27. The summed E-state index contributed by atoms with van der Waals surface area (Å²) < 4.78 is 0. The highest BCUT2D eigenvalue weighted by Gasteiger charge is 2.14. The van der Waals surface area contributed by atoms with E-state index in [0.717, 1.165) is 0 Å². The number of aryl methyl sites for hydroxylation is 2. The summed E-state index contributed by atoms with van der Waals surface area (Å²) in [6, 6.07) is 81.4. The maximum atomic E-state index is 2.41. The lowest BCUT2D eigenvalue weighted by Crippen LogP contribution is -1.89. The van der Waals surface area contributed by atoms with Crippen molar-refractivity contribution in [1.29, 1.82) is 0 Å². The van der Waals surface area contributed by atoms with Gasteiger partial charge in [-0.25, -0.2) is 0 Å². The van der Waals surface area contributed by atoms with Gasteiger partial charge in [-0.15, -0.1) is 0 Å². The van der Waals surface area contributed by atoms with Crippen LogP contribution >= 0.6 is 0 Å². The van der Waals surface area contributed by atoms with Gasteiger partial charge < -0.3 is 0 Å². The highest BCUT2D eigenvalue weighted by Crippen LogP contribution is 2.41. The van der Waals surface area contributed by atoms with Gasteiger partial charge in [-0.05, 0) is 171 Å². The lowest BCUT2D eigenvalue weighted by molar-refractivity contribution is 1.38. The molecule has 0 aliphatic carbocycles. The quantitative estimate of drug-likeness (QED) is 0.152. The zero-order chi connectivity index (χ0) is 41.3. The van der Waals surface area contributed by atoms with Crippen LogP contribution in [0.25, 0.3) is 120 Å². The summed E-state index contributed by atoms with van der Waals surface area (Å²) in [5, 5.41) is 15.5. The van der Waals surface area contributed by atoms with Crippen LogP contribution in [0.15, 0.2) is 218 Å². The van der Waals surface area contributed by atoms with E-state index in [2.05, 4.69) is 232 Å². The molecule has 0 N–H and O–H groups in total. The molecule has 0 fully saturated rings. The van der Waals surface area contributed by atoms with Gasteiger partial charge in [0, 0.05) is 0 Å². The molecule has 290 valence electrons. The molecular weight excluding hydrogens is 745 g/mol. The number of fused-ring (bicyclic) bond motifs is 12. The molecule has 0 amide bonds. The SMILES string of the molecule is Cc1cc(C)cc(-c2cc(-c3ccc(-c4cccc(-c5ccc6c7ccccc7c7ccccc7c6c5)c4)cc3)cc(-c3ccc4c5ccccc5c5ccccc5c4c3)c2)c1. The van der Waals surface area contributed by atoms with Crippen molar-refractivity contribution >= 4 is 64.6 Å². The normalized spacial score (nSPS) is 11.7. The Bertz CT molecular complexity index is 3660. The fourth-order valence-electron chi connectivity index (χ4n) is 10.2. The summed E-state index contributed by atoms with van der Waals surface area (Å²) in [6.07, 6.45) is 0. The third kappa shape index (κ3) is 6.07. The second-order valence-corrected chi connectivity index (χ2v) is 17.0. The summed E-state index contributed by atoms with van der Waals surface area (Å²) in [5.41, 5.74) is 14.7. The number of benzene rings is 12. The van der Waals surface area contributed by atoms with E-state index in [9.17, 15) is 0 Å². The van der Waals surface area contributed by atoms with E-state index < -0.39 is 0 Å². The van der Waals surface area contributed by atoms with Crippen LogP contribution in [0, 0.1) is 13.8 Å². The minimum atomic E-state index is 1.20. The first kappa shape index (κ1) is 36.1. The van der Waals surface area contributed by atoms with E-state index in [-0.39, 0.29) is 0 Å². The molecule has 0 aliphatic heterocycles. The molecule has 12 aromatic rings. The minimum Gasteiger partial charge on any atom is -0.0616 e. The molecule has 0 heterocycles. The Morgan fingerprint density at radius 1 is 0.161 bits per heavy atom. The summed E-state index contributed by atoms with van der Waals surface area (Å²) in [6.45, 7) is 4.38. The number of hydrogen-bond acceptors (Lipinski definition) is 0. The third-order valence-corrected chi connectivity index (χ3v) is 13.1. The van der Waals surface area contributed by atoms with Crippen molar-refractivity contribution < 1.29 is 0 Å². The molecule has 62 heavy (non-hydrogen) atoms. The molecular formula is C62H42. The van der Waals surface area contributed by atoms with E-state index in [1.807, 2.05) is 0 Å². The fourth-order valence-corrected chi connectivity index (χ4v) is 10.2. The molecule has 12 rings (SSSR count). The van der Waals surface area contributed by atoms with Gasteiger partial charge in [-0.3, -0.25) is 0 Å². The van der Waals surface area contributed by atoms with Crippen LogP contribution in [0.1, 0.15) is 11.1 Å². The Balaban J connectivity index is 0.948. The van der Waals surface area contributed by atoms with Crippen molar-refractivity contribution in [3.63, 3.8) is 0 Å². The highest BCUT2D eigenvalue weighted by atomic mass is 14.2. The molecule has 0 bridgehead atoms. The van der Waals surface area contributed by atoms with E-state index in [1.165, 1.54) is 131 Å².